The monoisotopic (exact) mass is 398 g/mol. The average molecular weight is 398 g/mol. The fourth-order valence-corrected chi connectivity index (χ4v) is 4.49. The molecular weight excluding hydrogens is 376 g/mol. The van der Waals surface area contributed by atoms with Crippen molar-refractivity contribution in [1.29, 1.82) is 0 Å². The zero-order valence-electron chi connectivity index (χ0n) is 15.9. The number of ether oxygens (including phenoxy) is 1. The molecule has 4 aliphatic rings. The van der Waals surface area contributed by atoms with Crippen molar-refractivity contribution < 1.29 is 23.9 Å². The molecule has 1 spiro atoms. The second-order valence-corrected chi connectivity index (χ2v) is 8.01. The third-order valence-corrected chi connectivity index (χ3v) is 6.22. The summed E-state index contributed by atoms with van der Waals surface area (Å²) in [4.78, 5) is 52.6. The number of fused-ring (bicyclic) bond motifs is 2. The van der Waals surface area contributed by atoms with Gasteiger partial charge in [-0.15, -0.1) is 0 Å². The van der Waals surface area contributed by atoms with Crippen molar-refractivity contribution in [2.45, 2.75) is 37.1 Å². The summed E-state index contributed by atoms with van der Waals surface area (Å²) < 4.78 is 5.56. The van der Waals surface area contributed by atoms with Crippen LogP contribution in [0.25, 0.3) is 0 Å². The van der Waals surface area contributed by atoms with Crippen molar-refractivity contribution in [2.75, 3.05) is 31.1 Å². The van der Waals surface area contributed by atoms with Crippen molar-refractivity contribution >= 4 is 29.5 Å². The number of carbonyl (C=O) groups excluding carboxylic acids is 4. The summed E-state index contributed by atoms with van der Waals surface area (Å²) in [5.41, 5.74) is 0.843. The number of imide groups is 1. The van der Waals surface area contributed by atoms with Gasteiger partial charge >= 0.3 is 6.09 Å². The largest absolute Gasteiger partial charge is 0.415 e. The van der Waals surface area contributed by atoms with Crippen LogP contribution < -0.4 is 20.3 Å². The van der Waals surface area contributed by atoms with Gasteiger partial charge in [-0.05, 0) is 43.0 Å². The third-order valence-electron chi connectivity index (χ3n) is 6.22. The normalized spacial score (nSPS) is 25.1. The Morgan fingerprint density at radius 2 is 1.90 bits per heavy atom. The number of hydrogen-bond donors (Lipinski definition) is 2. The number of nitrogens with zero attached hydrogens (tertiary/aromatic N) is 2. The van der Waals surface area contributed by atoms with Gasteiger partial charge in [-0.3, -0.25) is 24.6 Å². The lowest BCUT2D eigenvalue weighted by Crippen LogP contribution is -2.54. The minimum Gasteiger partial charge on any atom is -0.410 e. The fraction of sp³-hybridized carbons (Fsp3) is 0.500. The van der Waals surface area contributed by atoms with Crippen molar-refractivity contribution in [1.82, 2.24) is 15.5 Å². The Morgan fingerprint density at radius 1 is 1.14 bits per heavy atom. The highest BCUT2D eigenvalue weighted by atomic mass is 16.6. The first-order valence-electron chi connectivity index (χ1n) is 9.99. The molecule has 1 aromatic carbocycles. The van der Waals surface area contributed by atoms with Gasteiger partial charge in [-0.2, -0.15) is 0 Å². The highest BCUT2D eigenvalue weighted by Gasteiger charge is 2.61. The number of piperidine rings is 1. The first-order chi connectivity index (χ1) is 14.0. The molecule has 3 aliphatic heterocycles. The topological polar surface area (TPSA) is 108 Å². The maximum Gasteiger partial charge on any atom is 0.415 e. The van der Waals surface area contributed by atoms with Crippen LogP contribution in [0.4, 0.5) is 10.5 Å². The summed E-state index contributed by atoms with van der Waals surface area (Å²) in [7, 11) is 0. The Morgan fingerprint density at radius 3 is 2.59 bits per heavy atom. The minimum atomic E-state index is -0.687. The van der Waals surface area contributed by atoms with E-state index >= 15 is 0 Å². The number of amides is 4. The van der Waals surface area contributed by atoms with E-state index in [4.69, 9.17) is 4.74 Å². The quantitative estimate of drug-likeness (QED) is 0.693. The van der Waals surface area contributed by atoms with Crippen LogP contribution in [-0.2, 0) is 19.8 Å². The van der Waals surface area contributed by atoms with Gasteiger partial charge in [-0.1, -0.05) is 0 Å². The van der Waals surface area contributed by atoms with Gasteiger partial charge < -0.3 is 15.0 Å². The number of nitrogens with one attached hydrogen (secondary N) is 2. The Bertz CT molecular complexity index is 919. The molecule has 1 aliphatic carbocycles. The van der Waals surface area contributed by atoms with Crippen LogP contribution >= 0.6 is 0 Å². The molecule has 152 valence electrons. The van der Waals surface area contributed by atoms with Crippen LogP contribution in [0.5, 0.6) is 5.75 Å². The van der Waals surface area contributed by atoms with Gasteiger partial charge in [0.1, 0.15) is 11.8 Å². The molecule has 1 unspecified atom stereocenters. The van der Waals surface area contributed by atoms with E-state index < -0.39 is 23.5 Å². The lowest BCUT2D eigenvalue weighted by molar-refractivity contribution is -0.135. The Labute approximate surface area is 167 Å². The van der Waals surface area contributed by atoms with Crippen LogP contribution in [-0.4, -0.2) is 60.9 Å². The molecule has 0 radical (unpaired) electrons. The van der Waals surface area contributed by atoms with E-state index in [-0.39, 0.29) is 18.2 Å². The van der Waals surface area contributed by atoms with Gasteiger partial charge in [0.05, 0.1) is 5.41 Å². The van der Waals surface area contributed by atoms with E-state index in [1.165, 1.54) is 4.90 Å². The standard InChI is InChI=1S/C20H22N4O5/c25-16-4-3-15(17(26)22-16)24-14-2-1-12(11-13(14)20(5-6-20)18(24)27)29-19(28)23-9-7-21-8-10-23/h1-2,11,15,21H,3-10H2,(H,22,25,26). The molecule has 3 heterocycles. The molecule has 1 atom stereocenters. The predicted molar refractivity (Wildman–Crippen MR) is 101 cm³/mol. The maximum atomic E-state index is 13.2. The van der Waals surface area contributed by atoms with Crippen LogP contribution in [0.2, 0.25) is 0 Å². The Balaban J connectivity index is 1.42. The molecule has 29 heavy (non-hydrogen) atoms. The molecule has 2 N–H and O–H groups in total. The smallest absolute Gasteiger partial charge is 0.410 e. The number of anilines is 1. The fourth-order valence-electron chi connectivity index (χ4n) is 4.49. The highest BCUT2D eigenvalue weighted by molar-refractivity contribution is 6.15. The summed E-state index contributed by atoms with van der Waals surface area (Å²) in [6.07, 6.45) is 1.53. The summed E-state index contributed by atoms with van der Waals surface area (Å²) in [6, 6.07) is 4.47. The van der Waals surface area contributed by atoms with Crippen molar-refractivity contribution in [3.05, 3.63) is 23.8 Å². The van der Waals surface area contributed by atoms with Gasteiger partial charge in [0, 0.05) is 38.3 Å². The number of piperazine rings is 1. The van der Waals surface area contributed by atoms with Gasteiger partial charge in [0.15, 0.2) is 0 Å². The zero-order valence-corrected chi connectivity index (χ0v) is 15.9. The Kier molecular flexibility index (Phi) is 4.09. The number of carbonyl (C=O) groups is 4. The second-order valence-electron chi connectivity index (χ2n) is 8.01. The predicted octanol–water partition coefficient (Wildman–Crippen LogP) is 0.274. The van der Waals surface area contributed by atoms with E-state index in [1.807, 2.05) is 0 Å². The summed E-state index contributed by atoms with van der Waals surface area (Å²) in [5, 5.41) is 5.51. The zero-order chi connectivity index (χ0) is 20.2. The molecule has 5 rings (SSSR count). The van der Waals surface area contributed by atoms with Crippen molar-refractivity contribution in [3.8, 4) is 5.75 Å². The minimum absolute atomic E-state index is 0.104. The molecule has 0 bridgehead atoms. The second kappa shape index (κ2) is 6.55. The highest BCUT2D eigenvalue weighted by Crippen LogP contribution is 2.58. The van der Waals surface area contributed by atoms with E-state index in [2.05, 4.69) is 10.6 Å². The SMILES string of the molecule is O=C1CCC(N2C(=O)C3(CC3)c3cc(OC(=O)N4CCNCC4)ccc32)C(=O)N1. The van der Waals surface area contributed by atoms with E-state index in [0.29, 0.717) is 43.8 Å². The molecular formula is C20H22N4O5. The van der Waals surface area contributed by atoms with Crippen LogP contribution in [0.1, 0.15) is 31.2 Å². The van der Waals surface area contributed by atoms with Crippen LogP contribution in [0.3, 0.4) is 0 Å². The van der Waals surface area contributed by atoms with Gasteiger partial charge in [0.2, 0.25) is 17.7 Å². The molecule has 3 fully saturated rings. The summed E-state index contributed by atoms with van der Waals surface area (Å²) in [5.74, 6) is -0.453. The lowest BCUT2D eigenvalue weighted by atomic mass is 9.98. The van der Waals surface area contributed by atoms with Crippen LogP contribution in [0, 0.1) is 0 Å². The van der Waals surface area contributed by atoms with Crippen LogP contribution in [0.15, 0.2) is 18.2 Å². The Hall–Kier alpha value is -2.94. The average Bonchev–Trinajstić information content (AvgIpc) is 3.49. The van der Waals surface area contributed by atoms with Crippen molar-refractivity contribution in [3.63, 3.8) is 0 Å². The molecule has 4 amide bonds. The third kappa shape index (κ3) is 2.88. The van der Waals surface area contributed by atoms with E-state index in [0.717, 1.165) is 18.7 Å². The summed E-state index contributed by atoms with van der Waals surface area (Å²) in [6.45, 7) is 2.65. The van der Waals surface area contributed by atoms with Gasteiger partial charge in [-0.25, -0.2) is 4.79 Å². The maximum absolute atomic E-state index is 13.2. The number of rotatable bonds is 2. The van der Waals surface area contributed by atoms with Crippen molar-refractivity contribution in [2.24, 2.45) is 0 Å². The molecule has 9 nitrogen and oxygen atoms in total. The summed E-state index contributed by atoms with van der Waals surface area (Å²) >= 11 is 0. The molecule has 0 aromatic heterocycles. The molecule has 9 heteroatoms. The number of benzene rings is 1. The molecule has 1 aromatic rings. The van der Waals surface area contributed by atoms with Gasteiger partial charge in [0.25, 0.3) is 0 Å². The van der Waals surface area contributed by atoms with E-state index in [1.54, 1.807) is 23.1 Å². The first kappa shape index (κ1) is 18.1. The lowest BCUT2D eigenvalue weighted by Gasteiger charge is -2.30. The molecule has 2 saturated heterocycles. The first-order valence-corrected chi connectivity index (χ1v) is 9.99. The number of hydrogen-bond acceptors (Lipinski definition) is 6. The van der Waals surface area contributed by atoms with E-state index in [9.17, 15) is 19.2 Å². The molecule has 1 saturated carbocycles.